The zero-order valence-corrected chi connectivity index (χ0v) is 13.5. The van der Waals surface area contributed by atoms with Crippen molar-refractivity contribution in [3.63, 3.8) is 0 Å². The quantitative estimate of drug-likeness (QED) is 0.916. The lowest BCUT2D eigenvalue weighted by Crippen LogP contribution is -2.29. The van der Waals surface area contributed by atoms with Gasteiger partial charge in [-0.2, -0.15) is 0 Å². The second-order valence-electron chi connectivity index (χ2n) is 5.63. The van der Waals surface area contributed by atoms with Crippen LogP contribution in [0.3, 0.4) is 0 Å². The van der Waals surface area contributed by atoms with Gasteiger partial charge in [-0.3, -0.25) is 0 Å². The molecule has 3 rings (SSSR count). The molecule has 0 spiro atoms. The maximum Gasteiger partial charge on any atom is 0.240 e. The lowest BCUT2D eigenvalue weighted by Gasteiger charge is -2.11. The number of fused-ring (bicyclic) bond motifs is 1. The van der Waals surface area contributed by atoms with Crippen molar-refractivity contribution in [3.05, 3.63) is 42.5 Å². The highest BCUT2D eigenvalue weighted by atomic mass is 32.2. The number of benzene rings is 2. The number of hydrogen-bond donors (Lipinski definition) is 1. The van der Waals surface area contributed by atoms with Crippen LogP contribution in [-0.4, -0.2) is 34.9 Å². The van der Waals surface area contributed by atoms with E-state index in [0.717, 1.165) is 10.8 Å². The van der Waals surface area contributed by atoms with Crippen LogP contribution in [0.4, 0.5) is 0 Å². The van der Waals surface area contributed by atoms with Gasteiger partial charge in [0.1, 0.15) is 0 Å². The monoisotopic (exact) mass is 339 g/mol. The fourth-order valence-electron chi connectivity index (χ4n) is 2.68. The summed E-state index contributed by atoms with van der Waals surface area (Å²) in [4.78, 5) is 0.201. The molecule has 2 aromatic rings. The van der Waals surface area contributed by atoms with E-state index in [1.54, 1.807) is 18.2 Å². The average Bonchev–Trinajstić information content (AvgIpc) is 2.84. The molecule has 0 aromatic heterocycles. The molecule has 1 aliphatic rings. The fraction of sp³-hybridized carbons (Fsp3) is 0.333. The van der Waals surface area contributed by atoms with Crippen molar-refractivity contribution in [1.82, 2.24) is 4.72 Å². The third kappa shape index (κ3) is 3.31. The maximum atomic E-state index is 12.3. The van der Waals surface area contributed by atoms with E-state index in [-0.39, 0.29) is 28.9 Å². The molecule has 118 valence electrons. The Balaban J connectivity index is 1.77. The molecule has 1 fully saturated rings. The number of sulfone groups is 1. The summed E-state index contributed by atoms with van der Waals surface area (Å²) >= 11 is 0. The molecule has 0 saturated carbocycles. The molecule has 22 heavy (non-hydrogen) atoms. The Labute approximate surface area is 130 Å². The van der Waals surface area contributed by atoms with E-state index < -0.39 is 19.9 Å². The Bertz CT molecular complexity index is 904. The number of sulfonamides is 1. The Morgan fingerprint density at radius 3 is 2.50 bits per heavy atom. The van der Waals surface area contributed by atoms with Crippen LogP contribution in [-0.2, 0) is 19.9 Å². The summed E-state index contributed by atoms with van der Waals surface area (Å²) in [6.07, 6.45) is 0.516. The van der Waals surface area contributed by atoms with Gasteiger partial charge in [0, 0.05) is 6.54 Å². The summed E-state index contributed by atoms with van der Waals surface area (Å²) in [6.45, 7) is 0.161. The van der Waals surface area contributed by atoms with Crippen molar-refractivity contribution in [2.75, 3.05) is 18.1 Å². The van der Waals surface area contributed by atoms with Crippen molar-refractivity contribution in [2.24, 2.45) is 5.92 Å². The van der Waals surface area contributed by atoms with Gasteiger partial charge < -0.3 is 0 Å². The lowest BCUT2D eigenvalue weighted by molar-refractivity contribution is 0.543. The van der Waals surface area contributed by atoms with Gasteiger partial charge in [0.25, 0.3) is 0 Å². The molecule has 1 saturated heterocycles. The second kappa shape index (κ2) is 5.64. The largest absolute Gasteiger partial charge is 0.240 e. The molecule has 0 bridgehead atoms. The molecule has 1 heterocycles. The van der Waals surface area contributed by atoms with Gasteiger partial charge in [-0.1, -0.05) is 30.3 Å². The van der Waals surface area contributed by atoms with Crippen molar-refractivity contribution < 1.29 is 16.8 Å². The van der Waals surface area contributed by atoms with E-state index in [4.69, 9.17) is 0 Å². The van der Waals surface area contributed by atoms with E-state index in [0.29, 0.717) is 6.42 Å². The van der Waals surface area contributed by atoms with Crippen molar-refractivity contribution in [3.8, 4) is 0 Å². The summed E-state index contributed by atoms with van der Waals surface area (Å²) in [5, 5.41) is 1.83. The van der Waals surface area contributed by atoms with E-state index >= 15 is 0 Å². The predicted octanol–water partition coefficient (Wildman–Crippen LogP) is 1.55. The van der Waals surface area contributed by atoms with Gasteiger partial charge in [-0.15, -0.1) is 0 Å². The van der Waals surface area contributed by atoms with Crippen LogP contribution in [0.2, 0.25) is 0 Å². The van der Waals surface area contributed by atoms with E-state index in [2.05, 4.69) is 4.72 Å². The average molecular weight is 339 g/mol. The first kappa shape index (κ1) is 15.5. The fourth-order valence-corrected chi connectivity index (χ4v) is 5.69. The minimum atomic E-state index is -3.62. The number of hydrogen-bond acceptors (Lipinski definition) is 4. The molecule has 0 radical (unpaired) electrons. The molecule has 0 unspecified atom stereocenters. The van der Waals surface area contributed by atoms with Gasteiger partial charge in [0.2, 0.25) is 10.0 Å². The van der Waals surface area contributed by atoms with E-state index in [1.807, 2.05) is 24.3 Å². The Morgan fingerprint density at radius 1 is 1.09 bits per heavy atom. The Morgan fingerprint density at radius 2 is 1.82 bits per heavy atom. The minimum Gasteiger partial charge on any atom is -0.229 e. The first-order chi connectivity index (χ1) is 10.4. The molecular weight excluding hydrogens is 322 g/mol. The second-order valence-corrected chi connectivity index (χ2v) is 9.63. The third-order valence-corrected chi connectivity index (χ3v) is 7.18. The predicted molar refractivity (Wildman–Crippen MR) is 85.9 cm³/mol. The van der Waals surface area contributed by atoms with Gasteiger partial charge in [-0.05, 0) is 35.2 Å². The third-order valence-electron chi connectivity index (χ3n) is 3.92. The van der Waals surface area contributed by atoms with Crippen LogP contribution in [0.15, 0.2) is 47.4 Å². The van der Waals surface area contributed by atoms with Crippen molar-refractivity contribution >= 4 is 30.6 Å². The van der Waals surface area contributed by atoms with E-state index in [9.17, 15) is 16.8 Å². The van der Waals surface area contributed by atoms with Crippen LogP contribution in [0.5, 0.6) is 0 Å². The molecular formula is C15H17NO4S2. The first-order valence-electron chi connectivity index (χ1n) is 7.05. The highest BCUT2D eigenvalue weighted by Crippen LogP contribution is 2.21. The minimum absolute atomic E-state index is 0.0627. The maximum absolute atomic E-state index is 12.3. The highest BCUT2D eigenvalue weighted by Gasteiger charge is 2.29. The summed E-state index contributed by atoms with van der Waals surface area (Å²) in [5.41, 5.74) is 0. The standard InChI is InChI=1S/C15H17NO4S2/c17-21(18)8-7-12(11-21)10-16-22(19,20)15-6-5-13-3-1-2-4-14(13)9-15/h1-6,9,12,16H,7-8,10-11H2/t12-/m1/s1. The van der Waals surface area contributed by atoms with Gasteiger partial charge in [0.05, 0.1) is 16.4 Å². The molecule has 7 heteroatoms. The summed E-state index contributed by atoms with van der Waals surface area (Å²) in [6, 6.07) is 12.5. The first-order valence-corrected chi connectivity index (χ1v) is 10.4. The van der Waals surface area contributed by atoms with Crippen LogP contribution in [0.1, 0.15) is 6.42 Å². The molecule has 1 N–H and O–H groups in total. The van der Waals surface area contributed by atoms with Crippen molar-refractivity contribution in [1.29, 1.82) is 0 Å². The van der Waals surface area contributed by atoms with Crippen LogP contribution >= 0.6 is 0 Å². The zero-order chi connectivity index (χ0) is 15.8. The molecule has 0 amide bonds. The van der Waals surface area contributed by atoms with Crippen LogP contribution in [0.25, 0.3) is 10.8 Å². The molecule has 1 aliphatic heterocycles. The molecule has 0 aliphatic carbocycles. The highest BCUT2D eigenvalue weighted by molar-refractivity contribution is 7.91. The number of rotatable bonds is 4. The SMILES string of the molecule is O=S1(=O)CC[C@H](CNS(=O)(=O)c2ccc3ccccc3c2)C1. The summed E-state index contributed by atoms with van der Waals surface area (Å²) < 4.78 is 50.0. The van der Waals surface area contributed by atoms with Gasteiger partial charge >= 0.3 is 0 Å². The van der Waals surface area contributed by atoms with Crippen LogP contribution in [0, 0.1) is 5.92 Å². The topological polar surface area (TPSA) is 80.3 Å². The zero-order valence-electron chi connectivity index (χ0n) is 11.9. The Hall–Kier alpha value is -1.44. The van der Waals surface area contributed by atoms with Crippen LogP contribution < -0.4 is 4.72 Å². The summed E-state index contributed by atoms with van der Waals surface area (Å²) in [7, 11) is -6.61. The van der Waals surface area contributed by atoms with E-state index in [1.165, 1.54) is 0 Å². The molecule has 2 aromatic carbocycles. The lowest BCUT2D eigenvalue weighted by atomic mass is 10.1. The van der Waals surface area contributed by atoms with Gasteiger partial charge in [-0.25, -0.2) is 21.6 Å². The number of nitrogens with one attached hydrogen (secondary N) is 1. The molecule has 1 atom stereocenters. The normalized spacial score (nSPS) is 21.2. The smallest absolute Gasteiger partial charge is 0.229 e. The van der Waals surface area contributed by atoms with Crippen molar-refractivity contribution in [2.45, 2.75) is 11.3 Å². The Kier molecular flexibility index (Phi) is 3.96. The van der Waals surface area contributed by atoms with Gasteiger partial charge in [0.15, 0.2) is 9.84 Å². The summed E-state index contributed by atoms with van der Waals surface area (Å²) in [5.74, 6) is 0.0722. The molecule has 5 nitrogen and oxygen atoms in total.